The highest BCUT2D eigenvalue weighted by molar-refractivity contribution is 5.94. The Balaban J connectivity index is 3.06. The largest absolute Gasteiger partial charge is 0.497 e. The van der Waals surface area contributed by atoms with Crippen molar-refractivity contribution in [3.63, 3.8) is 0 Å². The molecule has 0 aliphatic heterocycles. The summed E-state index contributed by atoms with van der Waals surface area (Å²) in [4.78, 5) is 10.9. The van der Waals surface area contributed by atoms with Gasteiger partial charge in [-0.15, -0.1) is 6.42 Å². The summed E-state index contributed by atoms with van der Waals surface area (Å²) >= 11 is 0. The van der Waals surface area contributed by atoms with Crippen LogP contribution in [0.5, 0.6) is 5.75 Å². The summed E-state index contributed by atoms with van der Waals surface area (Å²) < 4.78 is 4.98. The van der Waals surface area contributed by atoms with Crippen LogP contribution < -0.4 is 10.1 Å². The van der Waals surface area contributed by atoms with E-state index in [1.54, 1.807) is 12.1 Å². The minimum Gasteiger partial charge on any atom is -0.497 e. The van der Waals surface area contributed by atoms with Crippen molar-refractivity contribution in [1.82, 2.24) is 0 Å². The first-order chi connectivity index (χ1) is 7.19. The van der Waals surface area contributed by atoms with Crippen molar-refractivity contribution >= 4 is 11.7 Å². The lowest BCUT2D eigenvalue weighted by Gasteiger charge is -2.08. The first-order valence-electron chi connectivity index (χ1n) is 4.27. The van der Waals surface area contributed by atoms with Crippen molar-refractivity contribution in [2.45, 2.75) is 0 Å². The number of rotatable bonds is 4. The number of hydrogen-bond acceptors (Lipinski definition) is 3. The van der Waals surface area contributed by atoms with Gasteiger partial charge in [0, 0.05) is 6.07 Å². The molecule has 0 aromatic heterocycles. The Kier molecular flexibility index (Phi) is 3.58. The van der Waals surface area contributed by atoms with Gasteiger partial charge < -0.3 is 15.2 Å². The molecule has 0 aliphatic carbocycles. The number of carboxylic acids is 1. The third kappa shape index (κ3) is 2.64. The molecule has 1 aromatic rings. The highest BCUT2D eigenvalue weighted by Crippen LogP contribution is 2.22. The fraction of sp³-hybridized carbons (Fsp3) is 0.182. The van der Waals surface area contributed by atoms with E-state index in [0.717, 1.165) is 0 Å². The molecule has 0 saturated carbocycles. The molecule has 0 aliphatic rings. The van der Waals surface area contributed by atoms with E-state index < -0.39 is 5.97 Å². The first-order valence-corrected chi connectivity index (χ1v) is 4.27. The summed E-state index contributed by atoms with van der Waals surface area (Å²) in [6.45, 7) is 0.271. The van der Waals surface area contributed by atoms with E-state index in [1.165, 1.54) is 13.2 Å². The maximum Gasteiger partial charge on any atom is 0.337 e. The molecule has 0 bridgehead atoms. The molecule has 0 amide bonds. The zero-order valence-corrected chi connectivity index (χ0v) is 8.28. The Morgan fingerprint density at radius 3 is 2.93 bits per heavy atom. The van der Waals surface area contributed by atoms with Gasteiger partial charge in [0.2, 0.25) is 0 Å². The van der Waals surface area contributed by atoms with Crippen molar-refractivity contribution < 1.29 is 14.6 Å². The number of ether oxygens (including phenoxy) is 1. The monoisotopic (exact) mass is 205 g/mol. The molecule has 0 atom stereocenters. The number of terminal acetylenes is 1. The molecule has 0 heterocycles. The number of methoxy groups -OCH3 is 1. The quantitative estimate of drug-likeness (QED) is 0.730. The fourth-order valence-corrected chi connectivity index (χ4v) is 1.13. The highest BCUT2D eigenvalue weighted by Gasteiger charge is 2.10. The molecule has 0 fully saturated rings. The molecule has 1 aromatic carbocycles. The van der Waals surface area contributed by atoms with Crippen molar-refractivity contribution in [1.29, 1.82) is 0 Å². The zero-order chi connectivity index (χ0) is 11.3. The molecular formula is C11H11NO3. The van der Waals surface area contributed by atoms with Gasteiger partial charge in [0.1, 0.15) is 5.75 Å². The first kappa shape index (κ1) is 10.9. The Bertz CT molecular complexity index is 407. The van der Waals surface area contributed by atoms with Crippen LogP contribution in [-0.2, 0) is 0 Å². The predicted molar refractivity (Wildman–Crippen MR) is 57.3 cm³/mol. The van der Waals surface area contributed by atoms with Crippen molar-refractivity contribution in [2.24, 2.45) is 0 Å². The molecule has 1 rings (SSSR count). The van der Waals surface area contributed by atoms with Crippen LogP contribution in [-0.4, -0.2) is 24.7 Å². The SMILES string of the molecule is C#CCNc1cc(OC)ccc1C(=O)O. The van der Waals surface area contributed by atoms with E-state index in [2.05, 4.69) is 11.2 Å². The zero-order valence-electron chi connectivity index (χ0n) is 8.28. The lowest BCUT2D eigenvalue weighted by molar-refractivity contribution is 0.0698. The Morgan fingerprint density at radius 1 is 1.67 bits per heavy atom. The summed E-state index contributed by atoms with van der Waals surface area (Å²) in [5, 5.41) is 11.7. The number of benzene rings is 1. The standard InChI is InChI=1S/C11H11NO3/c1-3-6-12-10-7-8(15-2)4-5-9(10)11(13)14/h1,4-5,7,12H,6H2,2H3,(H,13,14). The topological polar surface area (TPSA) is 58.6 Å². The van der Waals surface area contributed by atoms with E-state index in [9.17, 15) is 4.79 Å². The van der Waals surface area contributed by atoms with Gasteiger partial charge in [-0.25, -0.2) is 4.79 Å². The van der Waals surface area contributed by atoms with Crippen LogP contribution in [0.3, 0.4) is 0 Å². The Hall–Kier alpha value is -2.15. The normalized spacial score (nSPS) is 9.07. The number of anilines is 1. The summed E-state index contributed by atoms with van der Waals surface area (Å²) in [5.41, 5.74) is 0.630. The van der Waals surface area contributed by atoms with Crippen LogP contribution in [0.15, 0.2) is 18.2 Å². The molecule has 0 spiro atoms. The van der Waals surface area contributed by atoms with E-state index in [-0.39, 0.29) is 12.1 Å². The van der Waals surface area contributed by atoms with Gasteiger partial charge in [-0.2, -0.15) is 0 Å². The molecule has 4 heteroatoms. The third-order valence-corrected chi connectivity index (χ3v) is 1.84. The predicted octanol–water partition coefficient (Wildman–Crippen LogP) is 1.44. The van der Waals surface area contributed by atoms with Gasteiger partial charge in [-0.3, -0.25) is 0 Å². The molecule has 15 heavy (non-hydrogen) atoms. The summed E-state index contributed by atoms with van der Waals surface area (Å²) in [6, 6.07) is 4.66. The second kappa shape index (κ2) is 4.91. The van der Waals surface area contributed by atoms with Gasteiger partial charge in [-0.05, 0) is 12.1 Å². The van der Waals surface area contributed by atoms with Gasteiger partial charge in [0.05, 0.1) is 24.9 Å². The maximum absolute atomic E-state index is 10.9. The van der Waals surface area contributed by atoms with Gasteiger partial charge in [0.25, 0.3) is 0 Å². The van der Waals surface area contributed by atoms with Gasteiger partial charge in [0.15, 0.2) is 0 Å². The van der Waals surface area contributed by atoms with Crippen LogP contribution in [0.4, 0.5) is 5.69 Å². The second-order valence-electron chi connectivity index (χ2n) is 2.77. The van der Waals surface area contributed by atoms with Crippen LogP contribution in [0.2, 0.25) is 0 Å². The average molecular weight is 205 g/mol. The third-order valence-electron chi connectivity index (χ3n) is 1.84. The average Bonchev–Trinajstić information content (AvgIpc) is 2.25. The number of hydrogen-bond donors (Lipinski definition) is 2. The molecule has 0 radical (unpaired) electrons. The molecule has 4 nitrogen and oxygen atoms in total. The molecule has 78 valence electrons. The molecular weight excluding hydrogens is 194 g/mol. The number of carbonyl (C=O) groups is 1. The Labute approximate surface area is 87.9 Å². The fourth-order valence-electron chi connectivity index (χ4n) is 1.13. The van der Waals surface area contributed by atoms with E-state index in [0.29, 0.717) is 11.4 Å². The van der Waals surface area contributed by atoms with E-state index in [4.69, 9.17) is 16.3 Å². The number of aromatic carboxylic acids is 1. The van der Waals surface area contributed by atoms with Crippen LogP contribution >= 0.6 is 0 Å². The highest BCUT2D eigenvalue weighted by atomic mass is 16.5. The smallest absolute Gasteiger partial charge is 0.337 e. The summed E-state index contributed by atoms with van der Waals surface area (Å²) in [5.74, 6) is 1.96. The minimum absolute atomic E-state index is 0.172. The maximum atomic E-state index is 10.9. The lowest BCUT2D eigenvalue weighted by Crippen LogP contribution is -2.06. The van der Waals surface area contributed by atoms with Crippen molar-refractivity contribution in [3.05, 3.63) is 23.8 Å². The lowest BCUT2D eigenvalue weighted by atomic mass is 10.1. The molecule has 0 saturated heterocycles. The number of nitrogens with one attached hydrogen (secondary N) is 1. The Morgan fingerprint density at radius 2 is 2.40 bits per heavy atom. The summed E-state index contributed by atoms with van der Waals surface area (Å²) in [7, 11) is 1.51. The van der Waals surface area contributed by atoms with Crippen molar-refractivity contribution in [3.8, 4) is 18.1 Å². The van der Waals surface area contributed by atoms with Crippen molar-refractivity contribution in [2.75, 3.05) is 19.0 Å². The van der Waals surface area contributed by atoms with Gasteiger partial charge >= 0.3 is 5.97 Å². The molecule has 2 N–H and O–H groups in total. The molecule has 0 unspecified atom stereocenters. The van der Waals surface area contributed by atoms with Crippen LogP contribution in [0, 0.1) is 12.3 Å². The number of carboxylic acid groups (broad SMARTS) is 1. The van der Waals surface area contributed by atoms with Crippen LogP contribution in [0.1, 0.15) is 10.4 Å². The van der Waals surface area contributed by atoms with Gasteiger partial charge in [-0.1, -0.05) is 5.92 Å². The second-order valence-corrected chi connectivity index (χ2v) is 2.77. The summed E-state index contributed by atoms with van der Waals surface area (Å²) in [6.07, 6.45) is 5.08. The van der Waals surface area contributed by atoms with E-state index >= 15 is 0 Å². The van der Waals surface area contributed by atoms with Crippen LogP contribution in [0.25, 0.3) is 0 Å². The van der Waals surface area contributed by atoms with E-state index in [1.807, 2.05) is 0 Å². The minimum atomic E-state index is -1.00.